The van der Waals surface area contributed by atoms with Crippen LogP contribution in [0.2, 0.25) is 0 Å². The molecule has 0 aliphatic carbocycles. The Morgan fingerprint density at radius 3 is 2.56 bits per heavy atom. The highest BCUT2D eigenvalue weighted by Gasteiger charge is 2.11. The first-order chi connectivity index (χ1) is 8.40. The summed E-state index contributed by atoms with van der Waals surface area (Å²) in [5, 5.41) is 4.55. The van der Waals surface area contributed by atoms with Crippen LogP contribution in [0.15, 0.2) is 24.3 Å². The topological polar surface area (TPSA) is 101 Å². The van der Waals surface area contributed by atoms with Crippen LogP contribution in [0.5, 0.6) is 0 Å². The van der Waals surface area contributed by atoms with E-state index in [1.54, 1.807) is 19.1 Å². The monoisotopic (exact) mass is 313 g/mol. The zero-order chi connectivity index (χ0) is 13.7. The number of urea groups is 1. The van der Waals surface area contributed by atoms with Crippen molar-refractivity contribution in [2.24, 2.45) is 5.73 Å². The zero-order valence-electron chi connectivity index (χ0n) is 9.57. The van der Waals surface area contributed by atoms with E-state index in [1.165, 1.54) is 12.1 Å². The van der Waals surface area contributed by atoms with E-state index < -0.39 is 11.9 Å². The summed E-state index contributed by atoms with van der Waals surface area (Å²) in [6, 6.07) is 5.25. The second-order valence-electron chi connectivity index (χ2n) is 3.50. The van der Waals surface area contributed by atoms with E-state index in [-0.39, 0.29) is 16.3 Å². The third kappa shape index (κ3) is 4.17. The molecule has 6 nitrogen and oxygen atoms in total. The minimum atomic E-state index is -0.927. The summed E-state index contributed by atoms with van der Waals surface area (Å²) in [4.78, 5) is 33.1. The van der Waals surface area contributed by atoms with Gasteiger partial charge in [-0.25, -0.2) is 4.79 Å². The number of hydrogen-bond donors (Lipinski definition) is 3. The minimum absolute atomic E-state index is 0.230. The van der Waals surface area contributed by atoms with E-state index in [4.69, 9.17) is 5.73 Å². The van der Waals surface area contributed by atoms with Crippen molar-refractivity contribution in [1.29, 1.82) is 0 Å². The summed E-state index contributed by atoms with van der Waals surface area (Å²) < 4.78 is 0. The van der Waals surface area contributed by atoms with Gasteiger partial charge in [0.05, 0.1) is 4.83 Å². The largest absolute Gasteiger partial charge is 0.351 e. The molecule has 4 N–H and O–H groups in total. The maximum atomic E-state index is 11.5. The first-order valence-electron chi connectivity index (χ1n) is 5.06. The molecule has 0 aliphatic rings. The maximum absolute atomic E-state index is 11.5. The van der Waals surface area contributed by atoms with Crippen molar-refractivity contribution in [1.82, 2.24) is 5.32 Å². The molecule has 0 radical (unpaired) electrons. The molecule has 1 atom stereocenters. The molecule has 18 heavy (non-hydrogen) atoms. The van der Waals surface area contributed by atoms with Crippen LogP contribution in [0.25, 0.3) is 0 Å². The molecule has 0 aliphatic heterocycles. The molecule has 1 aromatic rings. The average Bonchev–Trinajstić information content (AvgIpc) is 2.28. The molecule has 0 bridgehead atoms. The van der Waals surface area contributed by atoms with E-state index >= 15 is 0 Å². The Labute approximate surface area is 112 Å². The van der Waals surface area contributed by atoms with Gasteiger partial charge < -0.3 is 11.1 Å². The van der Waals surface area contributed by atoms with Gasteiger partial charge in [-0.1, -0.05) is 22.0 Å². The molecule has 0 aromatic heterocycles. The fourth-order valence-corrected chi connectivity index (χ4v) is 1.28. The number of carbonyl (C=O) groups is 3. The summed E-state index contributed by atoms with van der Waals surface area (Å²) in [6.07, 6.45) is 0. The fourth-order valence-electron chi connectivity index (χ4n) is 1.16. The molecule has 0 spiro atoms. The molecule has 1 rings (SSSR count). The highest BCUT2D eigenvalue weighted by atomic mass is 79.9. The second kappa shape index (κ2) is 6.15. The predicted molar refractivity (Wildman–Crippen MR) is 70.5 cm³/mol. The summed E-state index contributed by atoms with van der Waals surface area (Å²) in [6.45, 7) is 1.68. The quantitative estimate of drug-likeness (QED) is 0.731. The van der Waals surface area contributed by atoms with Crippen LogP contribution < -0.4 is 16.4 Å². The Morgan fingerprint density at radius 1 is 1.33 bits per heavy atom. The molecule has 7 heteroatoms. The van der Waals surface area contributed by atoms with Gasteiger partial charge in [0.2, 0.25) is 5.91 Å². The van der Waals surface area contributed by atoms with Crippen LogP contribution >= 0.6 is 15.9 Å². The van der Waals surface area contributed by atoms with Crippen molar-refractivity contribution in [3.05, 3.63) is 29.8 Å². The lowest BCUT2D eigenvalue weighted by molar-refractivity contribution is -0.115. The first kappa shape index (κ1) is 14.2. The van der Waals surface area contributed by atoms with Gasteiger partial charge in [-0.15, -0.1) is 0 Å². The third-order valence-electron chi connectivity index (χ3n) is 1.99. The second-order valence-corrected chi connectivity index (χ2v) is 4.88. The van der Waals surface area contributed by atoms with Crippen LogP contribution in [0.4, 0.5) is 10.5 Å². The molecular formula is C11H12BrN3O3. The van der Waals surface area contributed by atoms with Crippen molar-refractivity contribution in [2.45, 2.75) is 11.8 Å². The predicted octanol–water partition coefficient (Wildman–Crippen LogP) is 1.22. The molecule has 4 amide bonds. The average molecular weight is 314 g/mol. The lowest BCUT2D eigenvalue weighted by atomic mass is 10.2. The molecule has 0 fully saturated rings. The highest BCUT2D eigenvalue weighted by Crippen LogP contribution is 2.12. The van der Waals surface area contributed by atoms with Gasteiger partial charge in [0.15, 0.2) is 0 Å². The van der Waals surface area contributed by atoms with Crippen LogP contribution in [0.3, 0.4) is 0 Å². The van der Waals surface area contributed by atoms with Crippen molar-refractivity contribution >= 4 is 39.5 Å². The van der Waals surface area contributed by atoms with Crippen molar-refractivity contribution in [3.8, 4) is 0 Å². The number of carbonyl (C=O) groups excluding carboxylic acids is 3. The Hall–Kier alpha value is -1.89. The maximum Gasteiger partial charge on any atom is 0.319 e. The van der Waals surface area contributed by atoms with Gasteiger partial charge in [-0.3, -0.25) is 14.9 Å². The van der Waals surface area contributed by atoms with Crippen LogP contribution in [0, 0.1) is 0 Å². The number of halogens is 1. The first-order valence-corrected chi connectivity index (χ1v) is 5.97. The number of benzene rings is 1. The lowest BCUT2D eigenvalue weighted by Gasteiger charge is -2.08. The number of nitrogens with two attached hydrogens (primary N) is 1. The van der Waals surface area contributed by atoms with E-state index in [9.17, 15) is 14.4 Å². The van der Waals surface area contributed by atoms with Gasteiger partial charge in [0.25, 0.3) is 5.91 Å². The summed E-state index contributed by atoms with van der Waals surface area (Å²) in [7, 11) is 0. The van der Waals surface area contributed by atoms with Gasteiger partial charge in [-0.2, -0.15) is 0 Å². The van der Waals surface area contributed by atoms with Crippen LogP contribution in [-0.2, 0) is 4.79 Å². The van der Waals surface area contributed by atoms with Gasteiger partial charge in [-0.05, 0) is 25.1 Å². The Balaban J connectivity index is 2.82. The van der Waals surface area contributed by atoms with Gasteiger partial charge in [0.1, 0.15) is 0 Å². The summed E-state index contributed by atoms with van der Waals surface area (Å²) in [5.41, 5.74) is 5.53. The molecule has 0 heterocycles. The number of amides is 4. The molecule has 0 saturated heterocycles. The number of nitrogens with one attached hydrogen (secondary N) is 2. The fraction of sp³-hybridized carbons (Fsp3) is 0.182. The third-order valence-corrected chi connectivity index (χ3v) is 2.41. The van der Waals surface area contributed by atoms with Crippen molar-refractivity contribution in [2.75, 3.05) is 5.32 Å². The normalized spacial score (nSPS) is 11.4. The molecule has 1 unspecified atom stereocenters. The number of alkyl halides is 1. The number of hydrogen-bond acceptors (Lipinski definition) is 3. The van der Waals surface area contributed by atoms with E-state index in [0.717, 1.165) is 0 Å². The number of rotatable bonds is 3. The highest BCUT2D eigenvalue weighted by molar-refractivity contribution is 9.10. The molecule has 0 saturated carbocycles. The lowest BCUT2D eigenvalue weighted by Crippen LogP contribution is -2.35. The van der Waals surface area contributed by atoms with Crippen LogP contribution in [0.1, 0.15) is 17.3 Å². The van der Waals surface area contributed by atoms with E-state index in [0.29, 0.717) is 5.69 Å². The van der Waals surface area contributed by atoms with E-state index in [1.807, 2.05) is 5.32 Å². The molecule has 96 valence electrons. The van der Waals surface area contributed by atoms with E-state index in [2.05, 4.69) is 21.2 Å². The van der Waals surface area contributed by atoms with Crippen molar-refractivity contribution < 1.29 is 14.4 Å². The minimum Gasteiger partial charge on any atom is -0.351 e. The number of anilines is 1. The van der Waals surface area contributed by atoms with Crippen LogP contribution in [-0.4, -0.2) is 22.7 Å². The standard InChI is InChI=1S/C11H12BrN3O3/c1-6(12)9(16)14-8-4-2-3-7(5-8)10(17)15-11(13)18/h2-6H,1H3,(H,14,16)(H3,13,15,17,18). The van der Waals surface area contributed by atoms with Gasteiger partial charge >= 0.3 is 6.03 Å². The Bertz CT molecular complexity index is 488. The Kier molecular flexibility index (Phi) is 4.85. The Morgan fingerprint density at radius 2 is 2.00 bits per heavy atom. The molecular weight excluding hydrogens is 302 g/mol. The zero-order valence-corrected chi connectivity index (χ0v) is 11.2. The molecule has 1 aromatic carbocycles. The number of imide groups is 1. The van der Waals surface area contributed by atoms with Crippen molar-refractivity contribution in [3.63, 3.8) is 0 Å². The van der Waals surface area contributed by atoms with Gasteiger partial charge in [0, 0.05) is 11.3 Å². The summed E-state index contributed by atoms with van der Waals surface area (Å²) >= 11 is 3.12. The SMILES string of the molecule is CC(Br)C(=O)Nc1cccc(C(=O)NC(N)=O)c1. The smallest absolute Gasteiger partial charge is 0.319 e. The number of primary amides is 1. The summed E-state index contributed by atoms with van der Waals surface area (Å²) in [5.74, 6) is -0.854.